The van der Waals surface area contributed by atoms with Crippen molar-refractivity contribution in [3.05, 3.63) is 41.7 Å². The van der Waals surface area contributed by atoms with Crippen molar-refractivity contribution in [2.75, 3.05) is 26.2 Å². The Morgan fingerprint density at radius 3 is 2.38 bits per heavy atom. The molecule has 2 aromatic rings. The van der Waals surface area contributed by atoms with E-state index in [4.69, 9.17) is 0 Å². The van der Waals surface area contributed by atoms with Crippen molar-refractivity contribution in [3.63, 3.8) is 0 Å². The number of likely N-dealkylation sites (tertiary alicyclic amines) is 2. The summed E-state index contributed by atoms with van der Waals surface area (Å²) in [6.45, 7) is 6.68. The van der Waals surface area contributed by atoms with Crippen LogP contribution < -0.4 is 0 Å². The number of hydrogen-bond donors (Lipinski definition) is 0. The fourth-order valence-corrected chi connectivity index (χ4v) is 4.20. The number of rotatable bonds is 3. The molecule has 7 heteroatoms. The van der Waals surface area contributed by atoms with Gasteiger partial charge < -0.3 is 4.90 Å². The molecule has 4 heterocycles. The third-order valence-electron chi connectivity index (χ3n) is 5.83. The molecule has 2 aliphatic rings. The molecule has 2 fully saturated rings. The molecule has 0 N–H and O–H groups in total. The molecule has 2 saturated heterocycles. The van der Waals surface area contributed by atoms with Gasteiger partial charge in [0.25, 0.3) is 5.91 Å². The summed E-state index contributed by atoms with van der Waals surface area (Å²) in [5.41, 5.74) is 1.86. The first-order chi connectivity index (χ1) is 12.6. The minimum atomic E-state index is 0.0739. The number of amides is 1. The maximum absolute atomic E-state index is 12.7. The highest BCUT2D eigenvalue weighted by Crippen LogP contribution is 2.32. The van der Waals surface area contributed by atoms with Gasteiger partial charge in [0.15, 0.2) is 0 Å². The van der Waals surface area contributed by atoms with Gasteiger partial charge in [0, 0.05) is 45.3 Å². The molecule has 0 radical (unpaired) electrons. The van der Waals surface area contributed by atoms with E-state index in [0.717, 1.165) is 45.6 Å². The normalized spacial score (nSPS) is 23.7. The average Bonchev–Trinajstić information content (AvgIpc) is 3.18. The van der Waals surface area contributed by atoms with Crippen LogP contribution in [-0.4, -0.2) is 61.6 Å². The molecular formula is C19H26N6O. The molecule has 26 heavy (non-hydrogen) atoms. The van der Waals surface area contributed by atoms with Crippen LogP contribution in [0.15, 0.2) is 24.7 Å². The Kier molecular flexibility index (Phi) is 4.72. The first-order valence-corrected chi connectivity index (χ1v) is 9.37. The molecular weight excluding hydrogens is 328 g/mol. The molecule has 138 valence electrons. The van der Waals surface area contributed by atoms with E-state index in [9.17, 15) is 4.79 Å². The van der Waals surface area contributed by atoms with Crippen LogP contribution in [0.4, 0.5) is 0 Å². The van der Waals surface area contributed by atoms with Gasteiger partial charge in [-0.05, 0) is 50.8 Å². The third-order valence-corrected chi connectivity index (χ3v) is 5.83. The van der Waals surface area contributed by atoms with Gasteiger partial charge in [-0.3, -0.25) is 14.4 Å². The molecule has 0 aromatic carbocycles. The quantitative estimate of drug-likeness (QED) is 0.836. The monoisotopic (exact) mass is 354 g/mol. The predicted molar refractivity (Wildman–Crippen MR) is 97.4 cm³/mol. The van der Waals surface area contributed by atoms with E-state index >= 15 is 0 Å². The fourth-order valence-electron chi connectivity index (χ4n) is 4.20. The van der Waals surface area contributed by atoms with Crippen molar-refractivity contribution in [1.82, 2.24) is 29.5 Å². The summed E-state index contributed by atoms with van der Waals surface area (Å²) in [5, 5.41) is 4.26. The van der Waals surface area contributed by atoms with Gasteiger partial charge in [-0.25, -0.2) is 9.97 Å². The van der Waals surface area contributed by atoms with Gasteiger partial charge in [-0.15, -0.1) is 0 Å². The molecule has 2 aromatic heterocycles. The minimum absolute atomic E-state index is 0.0739. The van der Waals surface area contributed by atoms with Gasteiger partial charge in [-0.1, -0.05) is 0 Å². The summed E-state index contributed by atoms with van der Waals surface area (Å²) in [6.07, 6.45) is 7.45. The van der Waals surface area contributed by atoms with Crippen molar-refractivity contribution in [2.24, 2.45) is 18.9 Å². The Labute approximate surface area is 154 Å². The second-order valence-electron chi connectivity index (χ2n) is 7.55. The molecule has 0 saturated carbocycles. The maximum atomic E-state index is 12.7. The number of aromatic nitrogens is 4. The lowest BCUT2D eigenvalue weighted by atomic mass is 9.92. The molecule has 7 nitrogen and oxygen atoms in total. The zero-order chi connectivity index (χ0) is 18.1. The maximum Gasteiger partial charge on any atom is 0.257 e. The van der Waals surface area contributed by atoms with Crippen LogP contribution in [0.2, 0.25) is 0 Å². The highest BCUT2D eigenvalue weighted by Gasteiger charge is 2.37. The van der Waals surface area contributed by atoms with Crippen LogP contribution in [-0.2, 0) is 13.6 Å². The number of carbonyl (C=O) groups is 1. The zero-order valence-corrected chi connectivity index (χ0v) is 15.5. The summed E-state index contributed by atoms with van der Waals surface area (Å²) < 4.78 is 1.95. The fraction of sp³-hybridized carbons (Fsp3) is 0.579. The van der Waals surface area contributed by atoms with E-state index in [2.05, 4.69) is 26.0 Å². The van der Waals surface area contributed by atoms with Crippen LogP contribution in [0.1, 0.15) is 34.7 Å². The molecule has 0 bridgehead atoms. The first kappa shape index (κ1) is 17.1. The van der Waals surface area contributed by atoms with Crippen LogP contribution >= 0.6 is 0 Å². The Morgan fingerprint density at radius 2 is 1.81 bits per heavy atom. The van der Waals surface area contributed by atoms with Crippen LogP contribution in [0, 0.1) is 18.8 Å². The van der Waals surface area contributed by atoms with Gasteiger partial charge in [0.1, 0.15) is 5.82 Å². The molecule has 0 unspecified atom stereocenters. The van der Waals surface area contributed by atoms with Crippen molar-refractivity contribution in [1.29, 1.82) is 0 Å². The number of hydrogen-bond acceptors (Lipinski definition) is 5. The molecule has 0 spiro atoms. The third kappa shape index (κ3) is 3.49. The number of fused-ring (bicyclic) bond motifs is 1. The second kappa shape index (κ2) is 7.15. The Balaban J connectivity index is 1.35. The minimum Gasteiger partial charge on any atom is -0.338 e. The van der Waals surface area contributed by atoms with Crippen LogP contribution in [0.25, 0.3) is 0 Å². The lowest BCUT2D eigenvalue weighted by Gasteiger charge is -2.22. The predicted octanol–water partition coefficient (Wildman–Crippen LogP) is 1.50. The smallest absolute Gasteiger partial charge is 0.257 e. The summed E-state index contributed by atoms with van der Waals surface area (Å²) >= 11 is 0. The lowest BCUT2D eigenvalue weighted by Crippen LogP contribution is -2.31. The number of nitrogens with zero attached hydrogens (tertiary/aromatic N) is 6. The van der Waals surface area contributed by atoms with E-state index in [-0.39, 0.29) is 5.91 Å². The summed E-state index contributed by atoms with van der Waals surface area (Å²) in [6, 6.07) is 2.09. The zero-order valence-electron chi connectivity index (χ0n) is 15.5. The number of carbonyl (C=O) groups excluding carboxylic acids is 1. The summed E-state index contributed by atoms with van der Waals surface area (Å²) in [5.74, 6) is 1.97. The van der Waals surface area contributed by atoms with E-state index in [1.165, 1.54) is 5.69 Å². The van der Waals surface area contributed by atoms with Crippen LogP contribution in [0.5, 0.6) is 0 Å². The van der Waals surface area contributed by atoms with Crippen molar-refractivity contribution in [2.45, 2.75) is 26.3 Å². The topological polar surface area (TPSA) is 67.2 Å². The highest BCUT2D eigenvalue weighted by molar-refractivity contribution is 5.93. The van der Waals surface area contributed by atoms with Gasteiger partial charge in [-0.2, -0.15) is 5.10 Å². The Morgan fingerprint density at radius 1 is 1.15 bits per heavy atom. The largest absolute Gasteiger partial charge is 0.338 e. The Bertz CT molecular complexity index is 755. The molecule has 1 amide bonds. The molecule has 2 aliphatic heterocycles. The van der Waals surface area contributed by atoms with E-state index in [1.807, 2.05) is 29.7 Å². The van der Waals surface area contributed by atoms with E-state index in [0.29, 0.717) is 23.2 Å². The van der Waals surface area contributed by atoms with Gasteiger partial charge in [0.2, 0.25) is 0 Å². The van der Waals surface area contributed by atoms with E-state index < -0.39 is 0 Å². The Hall–Kier alpha value is -2.28. The second-order valence-corrected chi connectivity index (χ2v) is 7.55. The molecule has 2 atom stereocenters. The van der Waals surface area contributed by atoms with Crippen molar-refractivity contribution < 1.29 is 4.79 Å². The van der Waals surface area contributed by atoms with Crippen molar-refractivity contribution in [3.8, 4) is 0 Å². The molecule has 4 rings (SSSR count). The summed E-state index contributed by atoms with van der Waals surface area (Å²) in [7, 11) is 2.00. The van der Waals surface area contributed by atoms with E-state index in [1.54, 1.807) is 12.4 Å². The SMILES string of the molecule is Cc1ncc(C(=O)N2C[C@H]3CCN(Cc4ccnn4C)CC[C@H]3C2)cn1. The molecule has 0 aliphatic carbocycles. The summed E-state index contributed by atoms with van der Waals surface area (Å²) in [4.78, 5) is 25.6. The average molecular weight is 354 g/mol. The van der Waals surface area contributed by atoms with Gasteiger partial charge in [0.05, 0.1) is 11.3 Å². The number of aryl methyl sites for hydroxylation is 2. The van der Waals surface area contributed by atoms with Gasteiger partial charge >= 0.3 is 0 Å². The first-order valence-electron chi connectivity index (χ1n) is 9.37. The highest BCUT2D eigenvalue weighted by atomic mass is 16.2. The lowest BCUT2D eigenvalue weighted by molar-refractivity contribution is 0.0779. The van der Waals surface area contributed by atoms with Crippen molar-refractivity contribution >= 4 is 5.91 Å². The van der Waals surface area contributed by atoms with Crippen LogP contribution in [0.3, 0.4) is 0 Å². The standard InChI is InChI=1S/C19H26N6O/c1-14-20-9-17(10-21-14)19(26)25-11-15-4-7-24(8-5-16(15)12-25)13-18-3-6-22-23(18)2/h3,6,9-10,15-16H,4-5,7-8,11-13H2,1-2H3/t15-,16+.